The van der Waals surface area contributed by atoms with E-state index in [1.54, 1.807) is 0 Å². The third-order valence-corrected chi connectivity index (χ3v) is 5.32. The van der Waals surface area contributed by atoms with Gasteiger partial charge in [0.15, 0.2) is 5.54 Å². The van der Waals surface area contributed by atoms with Crippen molar-refractivity contribution in [2.24, 2.45) is 5.92 Å². The molecule has 4 nitrogen and oxygen atoms in total. The first-order valence-corrected chi connectivity index (χ1v) is 9.25. The monoisotopic (exact) mass is 495 g/mol. The molecule has 0 saturated carbocycles. The zero-order chi connectivity index (χ0) is 24.7. The summed E-state index contributed by atoms with van der Waals surface area (Å²) in [4.78, 5) is 35.5. The Morgan fingerprint density at radius 3 is 1.75 bits per heavy atom. The number of thiol groups is 1. The lowest BCUT2D eigenvalue weighted by Crippen LogP contribution is -2.72. The number of hydrogen-bond acceptors (Lipinski definition) is 4. The van der Waals surface area contributed by atoms with E-state index in [0.717, 1.165) is 0 Å². The van der Waals surface area contributed by atoms with Gasteiger partial charge >= 0.3 is 24.4 Å². The molecule has 1 fully saturated rings. The highest BCUT2D eigenvalue weighted by atomic mass is 32.1. The Balaban J connectivity index is 2.63. The molecule has 1 aromatic carbocycles. The van der Waals surface area contributed by atoms with Gasteiger partial charge in [0.25, 0.3) is 11.6 Å². The number of rotatable bonds is 4. The van der Waals surface area contributed by atoms with Crippen LogP contribution in [-0.2, 0) is 20.8 Å². The number of amides is 1. The summed E-state index contributed by atoms with van der Waals surface area (Å²) in [6, 6.07) is 5.76. The fraction of sp³-hybridized carbons (Fsp3) is 0.500. The predicted octanol–water partition coefficient (Wildman–Crippen LogP) is 4.32. The number of carbonyl (C=O) groups is 3. The second-order valence-electron chi connectivity index (χ2n) is 7.20. The van der Waals surface area contributed by atoms with Crippen LogP contribution in [-0.4, -0.2) is 53.0 Å². The number of halogens is 9. The maximum absolute atomic E-state index is 13.3. The van der Waals surface area contributed by atoms with Crippen molar-refractivity contribution in [1.82, 2.24) is 4.90 Å². The summed E-state index contributed by atoms with van der Waals surface area (Å²) in [5.74, 6) is -11.1. The van der Waals surface area contributed by atoms with E-state index in [9.17, 15) is 53.9 Å². The SMILES string of the molecule is O=C(N1CCC(Cc2ccc(S)cc2)CC1(C(=O)C(F)(F)F)C(=O)C(F)(F)F)C(F)(F)F. The molecule has 1 amide bonds. The van der Waals surface area contributed by atoms with Gasteiger partial charge in [-0.1, -0.05) is 12.1 Å². The average Bonchev–Trinajstić information content (AvgIpc) is 2.65. The van der Waals surface area contributed by atoms with Crippen molar-refractivity contribution in [3.63, 3.8) is 0 Å². The van der Waals surface area contributed by atoms with Gasteiger partial charge in [0.2, 0.25) is 0 Å². The van der Waals surface area contributed by atoms with Crippen molar-refractivity contribution in [1.29, 1.82) is 0 Å². The summed E-state index contributed by atoms with van der Waals surface area (Å²) in [6.45, 7) is -1.31. The smallest absolute Gasteiger partial charge is 0.315 e. The Labute approximate surface area is 180 Å². The van der Waals surface area contributed by atoms with Gasteiger partial charge in [-0.05, 0) is 42.9 Å². The van der Waals surface area contributed by atoms with Crippen LogP contribution in [0.15, 0.2) is 29.2 Å². The van der Waals surface area contributed by atoms with Crippen molar-refractivity contribution >= 4 is 30.1 Å². The third kappa shape index (κ3) is 5.21. The molecule has 14 heteroatoms. The van der Waals surface area contributed by atoms with Crippen molar-refractivity contribution in [3.8, 4) is 0 Å². The Morgan fingerprint density at radius 2 is 1.34 bits per heavy atom. The Bertz CT molecular complexity index is 865. The topological polar surface area (TPSA) is 54.5 Å². The minimum Gasteiger partial charge on any atom is -0.315 e. The maximum Gasteiger partial charge on any atom is 0.471 e. The summed E-state index contributed by atoms with van der Waals surface area (Å²) in [5.41, 5.74) is -4.05. The van der Waals surface area contributed by atoms with Gasteiger partial charge in [0.05, 0.1) is 0 Å². The molecule has 0 aliphatic carbocycles. The molecule has 1 heterocycles. The molecule has 1 aromatic rings. The Hall–Kier alpha value is -2.25. The minimum atomic E-state index is -6.12. The molecule has 0 bridgehead atoms. The molecule has 2 rings (SSSR count). The molecule has 0 N–H and O–H groups in total. The Morgan fingerprint density at radius 1 is 0.875 bits per heavy atom. The van der Waals surface area contributed by atoms with Crippen LogP contribution >= 0.6 is 12.6 Å². The number of carbonyl (C=O) groups excluding carboxylic acids is 3. The van der Waals surface area contributed by atoms with E-state index in [4.69, 9.17) is 0 Å². The normalized spacial score (nSPS) is 19.6. The highest BCUT2D eigenvalue weighted by Gasteiger charge is 2.70. The van der Waals surface area contributed by atoms with E-state index in [1.165, 1.54) is 24.3 Å². The molecule has 0 radical (unpaired) electrons. The number of benzene rings is 1. The van der Waals surface area contributed by atoms with E-state index in [2.05, 4.69) is 12.6 Å². The summed E-state index contributed by atoms with van der Waals surface area (Å²) >= 11 is 4.01. The third-order valence-electron chi connectivity index (χ3n) is 5.02. The summed E-state index contributed by atoms with van der Waals surface area (Å²) in [7, 11) is 0. The lowest BCUT2D eigenvalue weighted by atomic mass is 9.72. The summed E-state index contributed by atoms with van der Waals surface area (Å²) < 4.78 is 119. The molecule has 1 unspecified atom stereocenters. The first-order valence-electron chi connectivity index (χ1n) is 8.80. The maximum atomic E-state index is 13.3. The lowest BCUT2D eigenvalue weighted by Gasteiger charge is -2.47. The predicted molar refractivity (Wildman–Crippen MR) is 92.7 cm³/mol. The molecule has 1 aliphatic rings. The van der Waals surface area contributed by atoms with Crippen molar-refractivity contribution in [2.45, 2.75) is 48.2 Å². The summed E-state index contributed by atoms with van der Waals surface area (Å²) in [5, 5.41) is 0. The van der Waals surface area contributed by atoms with Crippen molar-refractivity contribution in [3.05, 3.63) is 29.8 Å². The number of hydrogen-bond donors (Lipinski definition) is 1. The lowest BCUT2D eigenvalue weighted by molar-refractivity contribution is -0.216. The zero-order valence-electron chi connectivity index (χ0n) is 15.7. The van der Waals surface area contributed by atoms with Crippen molar-refractivity contribution < 1.29 is 53.9 Å². The second-order valence-corrected chi connectivity index (χ2v) is 7.71. The number of nitrogens with zero attached hydrogens (tertiary/aromatic N) is 1. The number of Topliss-reactive ketones (excluding diaryl/α,β-unsaturated/α-hetero) is 2. The average molecular weight is 495 g/mol. The van der Waals surface area contributed by atoms with Gasteiger partial charge in [0.1, 0.15) is 0 Å². The fourth-order valence-electron chi connectivity index (χ4n) is 3.70. The molecule has 32 heavy (non-hydrogen) atoms. The van der Waals surface area contributed by atoms with Crippen LogP contribution in [0.4, 0.5) is 39.5 Å². The van der Waals surface area contributed by atoms with E-state index in [0.29, 0.717) is 10.5 Å². The molecule has 178 valence electrons. The highest BCUT2D eigenvalue weighted by molar-refractivity contribution is 7.80. The van der Waals surface area contributed by atoms with Gasteiger partial charge in [0, 0.05) is 11.4 Å². The Kier molecular flexibility index (Phi) is 6.99. The molecule has 1 atom stereocenters. The largest absolute Gasteiger partial charge is 0.471 e. The fourth-order valence-corrected chi connectivity index (χ4v) is 3.85. The number of likely N-dealkylation sites (tertiary alicyclic amines) is 1. The first kappa shape index (κ1) is 26.0. The van der Waals surface area contributed by atoms with E-state index in [1.807, 2.05) is 0 Å². The van der Waals surface area contributed by atoms with Gasteiger partial charge < -0.3 is 4.90 Å². The van der Waals surface area contributed by atoms with Crippen LogP contribution in [0.1, 0.15) is 18.4 Å². The molecular formula is C18H14F9NO3S. The van der Waals surface area contributed by atoms with E-state index >= 15 is 0 Å². The van der Waals surface area contributed by atoms with Gasteiger partial charge in [-0.3, -0.25) is 14.4 Å². The zero-order valence-corrected chi connectivity index (χ0v) is 16.6. The second kappa shape index (κ2) is 8.60. The molecule has 0 aromatic heterocycles. The van der Waals surface area contributed by atoms with Crippen molar-refractivity contribution in [2.75, 3.05) is 6.54 Å². The van der Waals surface area contributed by atoms with Gasteiger partial charge in [-0.25, -0.2) is 0 Å². The first-order chi connectivity index (χ1) is 14.4. The quantitative estimate of drug-likeness (QED) is 0.385. The van der Waals surface area contributed by atoms with Crippen LogP contribution in [0.25, 0.3) is 0 Å². The van der Waals surface area contributed by atoms with Crippen LogP contribution in [0.3, 0.4) is 0 Å². The van der Waals surface area contributed by atoms with Crippen LogP contribution in [0.2, 0.25) is 0 Å². The van der Waals surface area contributed by atoms with E-state index < -0.39 is 71.7 Å². The number of piperidine rings is 1. The number of alkyl halides is 9. The molecule has 1 saturated heterocycles. The molecule has 0 spiro atoms. The van der Waals surface area contributed by atoms with Gasteiger partial charge in [-0.15, -0.1) is 12.6 Å². The molecular weight excluding hydrogens is 481 g/mol. The molecule has 1 aliphatic heterocycles. The highest BCUT2D eigenvalue weighted by Crippen LogP contribution is 2.44. The van der Waals surface area contributed by atoms with Crippen LogP contribution < -0.4 is 0 Å². The number of ketones is 2. The van der Waals surface area contributed by atoms with Crippen LogP contribution in [0, 0.1) is 5.92 Å². The van der Waals surface area contributed by atoms with E-state index in [-0.39, 0.29) is 6.42 Å². The van der Waals surface area contributed by atoms with Gasteiger partial charge in [-0.2, -0.15) is 39.5 Å². The standard InChI is InChI=1S/C18H14F9NO3S/c19-16(20,21)12(29)15(13(30)17(22,23)24)8-10(7-9-1-3-11(32)4-2-9)5-6-28(15)14(31)18(25,26)27/h1-4,10,32H,5-8H2. The minimum absolute atomic E-state index is 0.250. The van der Waals surface area contributed by atoms with Crippen LogP contribution in [0.5, 0.6) is 0 Å². The summed E-state index contributed by atoms with van der Waals surface area (Å²) in [6.07, 6.45) is -20.5.